The minimum Gasteiger partial charge on any atom is -0.453 e. The molecule has 3 heteroatoms. The van der Waals surface area contributed by atoms with Gasteiger partial charge >= 0.3 is 6.09 Å². The van der Waals surface area contributed by atoms with Crippen LogP contribution in [0.4, 0.5) is 4.79 Å². The average Bonchev–Trinajstić information content (AvgIpc) is 2.06. The van der Waals surface area contributed by atoms with E-state index < -0.39 is 0 Å². The molecule has 0 bridgehead atoms. The van der Waals surface area contributed by atoms with Crippen LogP contribution in [-0.4, -0.2) is 19.2 Å². The lowest BCUT2D eigenvalue weighted by Crippen LogP contribution is -2.36. The molecule has 1 saturated carbocycles. The number of hydrogen-bond donors (Lipinski definition) is 1. The number of alkyl carbamates (subject to hydrolysis) is 1. The summed E-state index contributed by atoms with van der Waals surface area (Å²) in [5.41, 5.74) is 0. The van der Waals surface area contributed by atoms with Gasteiger partial charge < -0.3 is 10.1 Å². The lowest BCUT2D eigenvalue weighted by atomic mass is 9.96. The van der Waals surface area contributed by atoms with Gasteiger partial charge in [-0.3, -0.25) is 0 Å². The van der Waals surface area contributed by atoms with Crippen molar-refractivity contribution in [1.82, 2.24) is 5.32 Å². The molecule has 0 aromatic carbocycles. The summed E-state index contributed by atoms with van der Waals surface area (Å²) in [4.78, 5) is 10.7. The van der Waals surface area contributed by atoms with Crippen LogP contribution in [0.1, 0.15) is 25.7 Å². The monoisotopic (exact) mass is 156 g/mol. The maximum Gasteiger partial charge on any atom is 0.407 e. The Bertz CT molecular complexity index is 130. The Balaban J connectivity index is 2.19. The third kappa shape index (κ3) is 2.78. The van der Waals surface area contributed by atoms with Gasteiger partial charge in [0.05, 0.1) is 7.11 Å². The average molecular weight is 156 g/mol. The first-order chi connectivity index (χ1) is 5.33. The number of ether oxygens (including phenoxy) is 1. The number of rotatable bonds is 1. The lowest BCUT2D eigenvalue weighted by molar-refractivity contribution is 0.164. The standard InChI is InChI=1S/C8H14NO2/c1-11-8(10)9-7-5-3-2-4-6-7/h2,7H,3-6H2,1H3,(H,9,10). The van der Waals surface area contributed by atoms with Crippen LogP contribution in [0.5, 0.6) is 0 Å². The third-order valence-corrected chi connectivity index (χ3v) is 1.95. The summed E-state index contributed by atoms with van der Waals surface area (Å²) in [5, 5.41) is 2.79. The van der Waals surface area contributed by atoms with Crippen molar-refractivity contribution in [2.75, 3.05) is 7.11 Å². The summed E-state index contributed by atoms with van der Waals surface area (Å²) < 4.78 is 4.49. The Hall–Kier alpha value is -0.730. The van der Waals surface area contributed by atoms with Crippen molar-refractivity contribution >= 4 is 6.09 Å². The second-order valence-corrected chi connectivity index (χ2v) is 2.78. The van der Waals surface area contributed by atoms with Gasteiger partial charge in [-0.25, -0.2) is 4.79 Å². The first-order valence-corrected chi connectivity index (χ1v) is 3.99. The molecule has 3 nitrogen and oxygen atoms in total. The van der Waals surface area contributed by atoms with E-state index in [4.69, 9.17) is 0 Å². The molecule has 0 aromatic heterocycles. The van der Waals surface area contributed by atoms with Crippen molar-refractivity contribution in [2.24, 2.45) is 0 Å². The Morgan fingerprint density at radius 3 is 2.73 bits per heavy atom. The molecule has 1 aliphatic carbocycles. The number of carbonyl (C=O) groups excluding carboxylic acids is 1. The molecule has 0 heterocycles. The highest BCUT2D eigenvalue weighted by molar-refractivity contribution is 5.67. The molecule has 1 N–H and O–H groups in total. The predicted molar refractivity (Wildman–Crippen MR) is 42.1 cm³/mol. The summed E-state index contributed by atoms with van der Waals surface area (Å²) >= 11 is 0. The molecule has 0 saturated heterocycles. The maximum absolute atomic E-state index is 10.7. The van der Waals surface area contributed by atoms with Gasteiger partial charge in [-0.05, 0) is 32.1 Å². The fraction of sp³-hybridized carbons (Fsp3) is 0.750. The van der Waals surface area contributed by atoms with Gasteiger partial charge in [0.15, 0.2) is 0 Å². The Morgan fingerprint density at radius 1 is 1.55 bits per heavy atom. The Morgan fingerprint density at radius 2 is 2.18 bits per heavy atom. The van der Waals surface area contributed by atoms with Gasteiger partial charge in [0, 0.05) is 6.04 Å². The van der Waals surface area contributed by atoms with Crippen LogP contribution in [0.3, 0.4) is 0 Å². The van der Waals surface area contributed by atoms with E-state index in [0.29, 0.717) is 6.04 Å². The molecule has 0 aliphatic heterocycles. The van der Waals surface area contributed by atoms with Crippen LogP contribution in [-0.2, 0) is 4.74 Å². The van der Waals surface area contributed by atoms with Gasteiger partial charge in [0.25, 0.3) is 0 Å². The highest BCUT2D eigenvalue weighted by Crippen LogP contribution is 2.16. The van der Waals surface area contributed by atoms with Gasteiger partial charge in [-0.1, -0.05) is 0 Å². The van der Waals surface area contributed by atoms with E-state index in [-0.39, 0.29) is 6.09 Å². The third-order valence-electron chi connectivity index (χ3n) is 1.95. The SMILES string of the molecule is COC(=O)NC1CC[CH]CC1. The smallest absolute Gasteiger partial charge is 0.407 e. The molecule has 0 atom stereocenters. The summed E-state index contributed by atoms with van der Waals surface area (Å²) in [6.07, 6.45) is 6.26. The van der Waals surface area contributed by atoms with E-state index in [1.54, 1.807) is 0 Å². The van der Waals surface area contributed by atoms with Gasteiger partial charge in [-0.2, -0.15) is 0 Å². The fourth-order valence-electron chi connectivity index (χ4n) is 1.30. The largest absolute Gasteiger partial charge is 0.453 e. The van der Waals surface area contributed by atoms with Gasteiger partial charge in [-0.15, -0.1) is 0 Å². The number of nitrogens with one attached hydrogen (secondary N) is 1. The molecule has 0 unspecified atom stereocenters. The highest BCUT2D eigenvalue weighted by atomic mass is 16.5. The summed E-state index contributed by atoms with van der Waals surface area (Å²) in [6.45, 7) is 0. The van der Waals surface area contributed by atoms with Crippen LogP contribution >= 0.6 is 0 Å². The fourth-order valence-corrected chi connectivity index (χ4v) is 1.30. The van der Waals surface area contributed by atoms with Crippen LogP contribution in [0.15, 0.2) is 0 Å². The lowest BCUT2D eigenvalue weighted by Gasteiger charge is -2.21. The minimum atomic E-state index is -0.308. The maximum atomic E-state index is 10.7. The van der Waals surface area contributed by atoms with Crippen LogP contribution in [0.2, 0.25) is 0 Å². The number of carbonyl (C=O) groups is 1. The molecular formula is C8H14NO2. The summed E-state index contributed by atoms with van der Waals surface area (Å²) in [5.74, 6) is 0. The van der Waals surface area contributed by atoms with E-state index in [9.17, 15) is 4.79 Å². The first-order valence-electron chi connectivity index (χ1n) is 3.99. The van der Waals surface area contributed by atoms with E-state index >= 15 is 0 Å². The molecule has 1 fully saturated rings. The molecule has 1 rings (SSSR count). The van der Waals surface area contributed by atoms with E-state index in [0.717, 1.165) is 25.7 Å². The zero-order chi connectivity index (χ0) is 8.10. The molecule has 0 spiro atoms. The Kier molecular flexibility index (Phi) is 3.20. The topological polar surface area (TPSA) is 38.3 Å². The van der Waals surface area contributed by atoms with Crippen LogP contribution in [0.25, 0.3) is 0 Å². The Labute approximate surface area is 67.1 Å². The molecular weight excluding hydrogens is 142 g/mol. The van der Waals surface area contributed by atoms with Crippen molar-refractivity contribution in [3.05, 3.63) is 6.42 Å². The van der Waals surface area contributed by atoms with Gasteiger partial charge in [0.1, 0.15) is 0 Å². The summed E-state index contributed by atoms with van der Waals surface area (Å²) in [6, 6.07) is 0.326. The van der Waals surface area contributed by atoms with Crippen molar-refractivity contribution in [1.29, 1.82) is 0 Å². The van der Waals surface area contributed by atoms with E-state index in [1.165, 1.54) is 7.11 Å². The van der Waals surface area contributed by atoms with Crippen molar-refractivity contribution < 1.29 is 9.53 Å². The van der Waals surface area contributed by atoms with Crippen molar-refractivity contribution in [3.8, 4) is 0 Å². The highest BCUT2D eigenvalue weighted by Gasteiger charge is 2.15. The first kappa shape index (κ1) is 8.37. The zero-order valence-electron chi connectivity index (χ0n) is 6.80. The second kappa shape index (κ2) is 4.21. The van der Waals surface area contributed by atoms with Crippen LogP contribution < -0.4 is 5.32 Å². The predicted octanol–water partition coefficient (Wildman–Crippen LogP) is 1.49. The molecule has 1 aliphatic rings. The van der Waals surface area contributed by atoms with Crippen LogP contribution in [0, 0.1) is 6.42 Å². The number of methoxy groups -OCH3 is 1. The van der Waals surface area contributed by atoms with Gasteiger partial charge in [0.2, 0.25) is 0 Å². The normalized spacial score (nSPS) is 19.4. The second-order valence-electron chi connectivity index (χ2n) is 2.78. The van der Waals surface area contributed by atoms with E-state index in [2.05, 4.69) is 16.5 Å². The molecule has 1 amide bonds. The molecule has 63 valence electrons. The quantitative estimate of drug-likeness (QED) is 0.624. The van der Waals surface area contributed by atoms with E-state index in [1.807, 2.05) is 0 Å². The molecule has 11 heavy (non-hydrogen) atoms. The molecule has 0 aromatic rings. The minimum absolute atomic E-state index is 0.308. The summed E-state index contributed by atoms with van der Waals surface area (Å²) in [7, 11) is 1.39. The van der Waals surface area contributed by atoms with Crippen molar-refractivity contribution in [2.45, 2.75) is 31.7 Å². The number of amides is 1. The molecule has 1 radical (unpaired) electrons. The zero-order valence-corrected chi connectivity index (χ0v) is 6.80. The number of hydrogen-bond acceptors (Lipinski definition) is 2. The van der Waals surface area contributed by atoms with Crippen molar-refractivity contribution in [3.63, 3.8) is 0 Å².